The van der Waals surface area contributed by atoms with Crippen LogP contribution in [0.25, 0.3) is 0 Å². The Morgan fingerprint density at radius 2 is 1.96 bits per heavy atom. The number of carbonyl (C=O) groups is 2. The summed E-state index contributed by atoms with van der Waals surface area (Å²) < 4.78 is 5.61. The third kappa shape index (κ3) is 3.33. The van der Waals surface area contributed by atoms with Crippen molar-refractivity contribution in [2.24, 2.45) is 0 Å². The molecule has 26 heavy (non-hydrogen) atoms. The number of β-lactam (4-membered cyclic amide) rings is 1. The van der Waals surface area contributed by atoms with Crippen LogP contribution in [-0.2, 0) is 20.7 Å². The van der Waals surface area contributed by atoms with Crippen LogP contribution >= 0.6 is 0 Å². The number of ether oxygens (including phenoxy) is 1. The van der Waals surface area contributed by atoms with Gasteiger partial charge in [0.05, 0.1) is 13.0 Å². The fraction of sp³-hybridized carbons (Fsp3) is 0.500. The molecular formula is C20H25NO5. The molecule has 0 unspecified atom stereocenters. The lowest BCUT2D eigenvalue weighted by atomic mass is 9.86. The van der Waals surface area contributed by atoms with E-state index in [1.807, 2.05) is 18.2 Å². The Hall–Kier alpha value is -2.34. The smallest absolute Gasteiger partial charge is 0.337 e. The topological polar surface area (TPSA) is 87.1 Å². The number of carboxylic acids is 1. The summed E-state index contributed by atoms with van der Waals surface area (Å²) in [5, 5.41) is 19.1. The van der Waals surface area contributed by atoms with Crippen molar-refractivity contribution in [1.82, 2.24) is 4.90 Å². The number of nitrogens with zero attached hydrogens (tertiary/aromatic N) is 1. The van der Waals surface area contributed by atoms with Crippen molar-refractivity contribution in [2.45, 2.75) is 56.7 Å². The molecule has 0 aromatic heterocycles. The van der Waals surface area contributed by atoms with Crippen LogP contribution in [0.1, 0.15) is 44.1 Å². The van der Waals surface area contributed by atoms with E-state index in [0.29, 0.717) is 12.8 Å². The Bertz CT molecular complexity index is 687. The van der Waals surface area contributed by atoms with Gasteiger partial charge in [-0.1, -0.05) is 49.6 Å². The molecule has 2 aliphatic heterocycles. The maximum Gasteiger partial charge on any atom is 0.337 e. The first-order valence-electron chi connectivity index (χ1n) is 9.17. The number of carbonyl (C=O) groups excluding carboxylic acids is 1. The highest BCUT2D eigenvalue weighted by atomic mass is 16.5. The number of hydrogen-bond acceptors (Lipinski definition) is 4. The summed E-state index contributed by atoms with van der Waals surface area (Å²) in [6.07, 6.45) is 6.01. The standard InChI is InChI=1S/C20H25NO5/c22-13-11-16-20(19(24)25,21-17(23)14-18(21)26-16)12-7-2-1-4-8-15-9-5-3-6-10-15/h3,5-6,9-11,18,22H,1-2,4,7-8,12-14H2,(H,24,25)/b16-11-/t18-,20-/m1/s1. The number of aliphatic hydroxyl groups excluding tert-OH is 1. The summed E-state index contributed by atoms with van der Waals surface area (Å²) in [4.78, 5) is 25.4. The van der Waals surface area contributed by atoms with Crippen molar-refractivity contribution >= 4 is 11.9 Å². The molecule has 2 saturated heterocycles. The molecule has 6 heteroatoms. The zero-order chi connectivity index (χ0) is 18.6. The monoisotopic (exact) mass is 359 g/mol. The molecule has 0 bridgehead atoms. The summed E-state index contributed by atoms with van der Waals surface area (Å²) in [6.45, 7) is -0.309. The Labute approximate surface area is 153 Å². The summed E-state index contributed by atoms with van der Waals surface area (Å²) in [5.41, 5.74) is -0.150. The summed E-state index contributed by atoms with van der Waals surface area (Å²) in [5.74, 6) is -1.09. The van der Waals surface area contributed by atoms with Gasteiger partial charge >= 0.3 is 5.97 Å². The van der Waals surface area contributed by atoms with E-state index in [1.54, 1.807) is 0 Å². The minimum Gasteiger partial charge on any atom is -0.479 e. The number of unbranched alkanes of at least 4 members (excludes halogenated alkanes) is 3. The van der Waals surface area contributed by atoms with E-state index in [1.165, 1.54) is 16.5 Å². The number of fused-ring (bicyclic) bond motifs is 1. The molecule has 2 heterocycles. The molecule has 1 amide bonds. The third-order valence-corrected chi connectivity index (χ3v) is 5.22. The molecule has 0 saturated carbocycles. The molecule has 2 fully saturated rings. The summed E-state index contributed by atoms with van der Waals surface area (Å²) in [7, 11) is 0. The van der Waals surface area contributed by atoms with E-state index in [2.05, 4.69) is 12.1 Å². The second-order valence-corrected chi connectivity index (χ2v) is 6.86. The van der Waals surface area contributed by atoms with Crippen molar-refractivity contribution in [1.29, 1.82) is 0 Å². The molecule has 0 spiro atoms. The summed E-state index contributed by atoms with van der Waals surface area (Å²) in [6, 6.07) is 10.3. The Morgan fingerprint density at radius 3 is 2.62 bits per heavy atom. The van der Waals surface area contributed by atoms with E-state index in [4.69, 9.17) is 4.74 Å². The molecule has 1 aromatic rings. The van der Waals surface area contributed by atoms with Crippen molar-refractivity contribution < 1.29 is 24.5 Å². The van der Waals surface area contributed by atoms with Crippen LogP contribution in [0.5, 0.6) is 0 Å². The zero-order valence-corrected chi connectivity index (χ0v) is 14.8. The Morgan fingerprint density at radius 1 is 1.23 bits per heavy atom. The maximum absolute atomic E-state index is 12.1. The number of hydrogen-bond donors (Lipinski definition) is 2. The lowest BCUT2D eigenvalue weighted by molar-refractivity contribution is -0.171. The minimum atomic E-state index is -1.46. The summed E-state index contributed by atoms with van der Waals surface area (Å²) >= 11 is 0. The van der Waals surface area contributed by atoms with Gasteiger partial charge in [0.2, 0.25) is 11.4 Å². The van der Waals surface area contributed by atoms with Gasteiger partial charge in [-0.25, -0.2) is 4.79 Å². The van der Waals surface area contributed by atoms with E-state index in [-0.39, 0.29) is 24.7 Å². The van der Waals surface area contributed by atoms with Gasteiger partial charge in [-0.15, -0.1) is 0 Å². The van der Waals surface area contributed by atoms with Crippen LogP contribution in [0.4, 0.5) is 0 Å². The fourth-order valence-electron chi connectivity index (χ4n) is 3.87. The molecule has 2 atom stereocenters. The highest BCUT2D eigenvalue weighted by Gasteiger charge is 2.64. The molecule has 140 valence electrons. The number of aliphatic carboxylic acids is 1. The highest BCUT2D eigenvalue weighted by molar-refractivity contribution is 5.94. The van der Waals surface area contributed by atoms with Crippen LogP contribution in [-0.4, -0.2) is 45.4 Å². The van der Waals surface area contributed by atoms with Gasteiger partial charge in [0, 0.05) is 0 Å². The number of aryl methyl sites for hydroxylation is 1. The fourth-order valence-corrected chi connectivity index (χ4v) is 3.87. The van der Waals surface area contributed by atoms with Gasteiger partial charge in [-0.2, -0.15) is 0 Å². The molecule has 2 N–H and O–H groups in total. The molecule has 6 nitrogen and oxygen atoms in total. The van der Waals surface area contributed by atoms with Crippen molar-refractivity contribution in [3.8, 4) is 0 Å². The van der Waals surface area contributed by atoms with Gasteiger partial charge in [-0.3, -0.25) is 9.69 Å². The van der Waals surface area contributed by atoms with Crippen molar-refractivity contribution in [3.63, 3.8) is 0 Å². The van der Waals surface area contributed by atoms with E-state index in [0.717, 1.165) is 25.7 Å². The second-order valence-electron chi connectivity index (χ2n) is 6.86. The van der Waals surface area contributed by atoms with Crippen LogP contribution in [0.3, 0.4) is 0 Å². The van der Waals surface area contributed by atoms with Crippen LogP contribution < -0.4 is 0 Å². The lowest BCUT2D eigenvalue weighted by Crippen LogP contribution is -2.62. The first kappa shape index (κ1) is 18.5. The first-order chi connectivity index (χ1) is 12.6. The van der Waals surface area contributed by atoms with Crippen molar-refractivity contribution in [3.05, 3.63) is 47.7 Å². The number of carboxylic acid groups (broad SMARTS) is 1. The number of benzene rings is 1. The van der Waals surface area contributed by atoms with Gasteiger partial charge in [0.15, 0.2) is 6.23 Å². The minimum absolute atomic E-state index is 0.202. The normalized spacial score (nSPS) is 25.7. The van der Waals surface area contributed by atoms with Crippen LogP contribution in [0.2, 0.25) is 0 Å². The second kappa shape index (κ2) is 7.91. The number of amides is 1. The molecule has 3 rings (SSSR count). The average Bonchev–Trinajstić information content (AvgIpc) is 2.88. The van der Waals surface area contributed by atoms with E-state index >= 15 is 0 Å². The Kier molecular flexibility index (Phi) is 5.61. The van der Waals surface area contributed by atoms with Gasteiger partial charge in [0.1, 0.15) is 5.76 Å². The predicted molar refractivity (Wildman–Crippen MR) is 95.1 cm³/mol. The molecule has 0 aliphatic carbocycles. The highest BCUT2D eigenvalue weighted by Crippen LogP contribution is 2.46. The zero-order valence-electron chi connectivity index (χ0n) is 14.8. The van der Waals surface area contributed by atoms with Crippen LogP contribution in [0, 0.1) is 0 Å². The number of aliphatic hydroxyl groups is 1. The van der Waals surface area contributed by atoms with Gasteiger partial charge < -0.3 is 14.9 Å². The molecule has 2 aliphatic rings. The third-order valence-electron chi connectivity index (χ3n) is 5.22. The molecular weight excluding hydrogens is 334 g/mol. The molecule has 1 aromatic carbocycles. The lowest BCUT2D eigenvalue weighted by Gasteiger charge is -2.40. The van der Waals surface area contributed by atoms with E-state index in [9.17, 15) is 19.8 Å². The first-order valence-corrected chi connectivity index (χ1v) is 9.17. The quantitative estimate of drug-likeness (QED) is 0.522. The van der Waals surface area contributed by atoms with Gasteiger partial charge in [-0.05, 0) is 30.9 Å². The number of rotatable bonds is 9. The average molecular weight is 359 g/mol. The predicted octanol–water partition coefficient (Wildman–Crippen LogP) is 2.47. The maximum atomic E-state index is 12.1. The van der Waals surface area contributed by atoms with Gasteiger partial charge in [0.25, 0.3) is 0 Å². The van der Waals surface area contributed by atoms with E-state index < -0.39 is 17.7 Å². The SMILES string of the molecule is O=C1C[C@H]2O/C(=C\CO)[C@](CCCCCCc3ccccc3)(C(=O)O)N12. The largest absolute Gasteiger partial charge is 0.479 e. The Balaban J connectivity index is 1.55. The molecule has 0 radical (unpaired) electrons. The van der Waals surface area contributed by atoms with Crippen molar-refractivity contribution in [2.75, 3.05) is 6.61 Å². The van der Waals surface area contributed by atoms with Crippen LogP contribution in [0.15, 0.2) is 42.2 Å².